The molecule has 2 amide bonds. The second kappa shape index (κ2) is 9.90. The largest absolute Gasteiger partial charge is 0.382 e. The third-order valence-electron chi connectivity index (χ3n) is 4.69. The molecule has 5 nitrogen and oxygen atoms in total. The van der Waals surface area contributed by atoms with Gasteiger partial charge < -0.3 is 20.4 Å². The van der Waals surface area contributed by atoms with Crippen LogP contribution in [0.25, 0.3) is 10.9 Å². The van der Waals surface area contributed by atoms with Gasteiger partial charge in [0.1, 0.15) is 5.82 Å². The van der Waals surface area contributed by atoms with Crippen molar-refractivity contribution in [2.45, 2.75) is 19.3 Å². The smallest absolute Gasteiger partial charge is 0.314 e. The number of amides is 2. The highest BCUT2D eigenvalue weighted by Crippen LogP contribution is 2.30. The molecule has 0 saturated heterocycles. The molecule has 0 saturated carbocycles. The third kappa shape index (κ3) is 5.10. The minimum Gasteiger partial charge on any atom is -0.382 e. The predicted octanol–water partition coefficient (Wildman–Crippen LogP) is 4.16. The molecule has 0 bridgehead atoms. The number of para-hydroxylation sites is 1. The molecule has 1 atom stereocenters. The van der Waals surface area contributed by atoms with Gasteiger partial charge in [-0.1, -0.05) is 30.3 Å². The molecule has 3 rings (SSSR count). The molecule has 2 aromatic carbocycles. The summed E-state index contributed by atoms with van der Waals surface area (Å²) < 4.78 is 18.7. The number of H-pyrrole nitrogens is 1. The van der Waals surface area contributed by atoms with Crippen molar-refractivity contribution in [1.29, 1.82) is 0 Å². The number of ether oxygens (including phenoxy) is 1. The predicted molar refractivity (Wildman–Crippen MR) is 109 cm³/mol. The summed E-state index contributed by atoms with van der Waals surface area (Å²) in [4.78, 5) is 15.4. The topological polar surface area (TPSA) is 66.2 Å². The molecule has 1 heterocycles. The summed E-state index contributed by atoms with van der Waals surface area (Å²) in [5, 5.41) is 6.88. The number of aromatic amines is 1. The minimum atomic E-state index is -0.276. The zero-order chi connectivity index (χ0) is 19.8. The number of nitrogens with one attached hydrogen (secondary N) is 3. The maximum atomic E-state index is 13.4. The molecule has 0 radical (unpaired) electrons. The Kier molecular flexibility index (Phi) is 7.03. The average Bonchev–Trinajstić information content (AvgIpc) is 3.13. The summed E-state index contributed by atoms with van der Waals surface area (Å²) in [7, 11) is 0. The Balaban J connectivity index is 1.71. The van der Waals surface area contributed by atoms with Crippen LogP contribution in [0.1, 0.15) is 30.4 Å². The van der Waals surface area contributed by atoms with Crippen molar-refractivity contribution in [3.63, 3.8) is 0 Å². The van der Waals surface area contributed by atoms with E-state index in [0.717, 1.165) is 28.5 Å². The molecule has 1 aromatic heterocycles. The summed E-state index contributed by atoms with van der Waals surface area (Å²) in [5.74, 6) is -0.368. The number of urea groups is 1. The van der Waals surface area contributed by atoms with Crippen molar-refractivity contribution in [2.75, 3.05) is 26.3 Å². The molecule has 0 unspecified atom stereocenters. The number of carbonyl (C=O) groups is 1. The van der Waals surface area contributed by atoms with E-state index in [9.17, 15) is 9.18 Å². The molecule has 3 aromatic rings. The number of hydrogen-bond donors (Lipinski definition) is 3. The first kappa shape index (κ1) is 19.9. The Morgan fingerprint density at radius 2 is 1.93 bits per heavy atom. The fourth-order valence-corrected chi connectivity index (χ4v) is 3.26. The standard InChI is InChI=1S/C22H26FN3O2/c1-2-28-13-5-12-24-22(27)26-14-19(16-8-10-17(23)11-9-16)20-15-25-21-7-4-3-6-18(20)21/h3-4,6-11,15,19,25H,2,5,12-14H2,1H3,(H2,24,26,27)/t19-/m0/s1. The van der Waals surface area contributed by atoms with Gasteiger partial charge in [0.25, 0.3) is 0 Å². The molecule has 0 aliphatic carbocycles. The van der Waals surface area contributed by atoms with E-state index >= 15 is 0 Å². The second-order valence-corrected chi connectivity index (χ2v) is 6.58. The normalized spacial score (nSPS) is 12.1. The van der Waals surface area contributed by atoms with Crippen LogP contribution in [0.3, 0.4) is 0 Å². The van der Waals surface area contributed by atoms with E-state index in [2.05, 4.69) is 15.6 Å². The van der Waals surface area contributed by atoms with Gasteiger partial charge in [0.2, 0.25) is 0 Å². The first-order valence-corrected chi connectivity index (χ1v) is 9.60. The first-order chi connectivity index (χ1) is 13.7. The van der Waals surface area contributed by atoms with Crippen molar-refractivity contribution in [3.8, 4) is 0 Å². The van der Waals surface area contributed by atoms with Crippen LogP contribution in [0.5, 0.6) is 0 Å². The van der Waals surface area contributed by atoms with Crippen molar-refractivity contribution in [1.82, 2.24) is 15.6 Å². The van der Waals surface area contributed by atoms with E-state index in [1.807, 2.05) is 37.4 Å². The SMILES string of the molecule is CCOCCCNC(=O)NC[C@@H](c1ccc(F)cc1)c1c[nH]c2ccccc12. The Morgan fingerprint density at radius 3 is 2.71 bits per heavy atom. The molecule has 28 heavy (non-hydrogen) atoms. The monoisotopic (exact) mass is 383 g/mol. The number of rotatable bonds is 9. The van der Waals surface area contributed by atoms with Gasteiger partial charge >= 0.3 is 6.03 Å². The van der Waals surface area contributed by atoms with E-state index < -0.39 is 0 Å². The number of hydrogen-bond acceptors (Lipinski definition) is 2. The molecule has 0 aliphatic heterocycles. The van der Waals surface area contributed by atoms with Crippen LogP contribution in [0.2, 0.25) is 0 Å². The fourth-order valence-electron chi connectivity index (χ4n) is 3.26. The summed E-state index contributed by atoms with van der Waals surface area (Å²) >= 11 is 0. The van der Waals surface area contributed by atoms with Crippen molar-refractivity contribution < 1.29 is 13.9 Å². The van der Waals surface area contributed by atoms with Crippen LogP contribution in [-0.2, 0) is 4.74 Å². The van der Waals surface area contributed by atoms with Gasteiger partial charge in [-0.05, 0) is 42.7 Å². The Hall–Kier alpha value is -2.86. The van der Waals surface area contributed by atoms with Gasteiger partial charge in [0.05, 0.1) is 0 Å². The number of benzene rings is 2. The lowest BCUT2D eigenvalue weighted by molar-refractivity contribution is 0.145. The molecular weight excluding hydrogens is 357 g/mol. The van der Waals surface area contributed by atoms with Crippen LogP contribution in [0.4, 0.5) is 9.18 Å². The number of halogens is 1. The van der Waals surface area contributed by atoms with Crippen molar-refractivity contribution >= 4 is 16.9 Å². The quantitative estimate of drug-likeness (QED) is 0.486. The van der Waals surface area contributed by atoms with Crippen LogP contribution >= 0.6 is 0 Å². The second-order valence-electron chi connectivity index (χ2n) is 6.58. The maximum Gasteiger partial charge on any atom is 0.314 e. The van der Waals surface area contributed by atoms with E-state index in [1.165, 1.54) is 12.1 Å². The molecule has 0 aliphatic rings. The van der Waals surface area contributed by atoms with E-state index in [-0.39, 0.29) is 17.8 Å². The van der Waals surface area contributed by atoms with E-state index in [1.54, 1.807) is 12.1 Å². The van der Waals surface area contributed by atoms with Crippen LogP contribution in [0.15, 0.2) is 54.7 Å². The van der Waals surface area contributed by atoms with Gasteiger partial charge in [-0.2, -0.15) is 0 Å². The molecule has 3 N–H and O–H groups in total. The zero-order valence-electron chi connectivity index (χ0n) is 16.0. The van der Waals surface area contributed by atoms with E-state index in [4.69, 9.17) is 4.74 Å². The highest BCUT2D eigenvalue weighted by atomic mass is 19.1. The molecule has 0 fully saturated rings. The summed E-state index contributed by atoms with van der Waals surface area (Å²) in [6.45, 7) is 4.21. The van der Waals surface area contributed by atoms with Crippen molar-refractivity contribution in [3.05, 3.63) is 71.7 Å². The maximum absolute atomic E-state index is 13.4. The Morgan fingerprint density at radius 1 is 1.14 bits per heavy atom. The van der Waals surface area contributed by atoms with Crippen LogP contribution < -0.4 is 10.6 Å². The Bertz CT molecular complexity index is 892. The molecular formula is C22H26FN3O2. The van der Waals surface area contributed by atoms with Crippen molar-refractivity contribution in [2.24, 2.45) is 0 Å². The summed E-state index contributed by atoms with van der Waals surface area (Å²) in [6, 6.07) is 14.2. The highest BCUT2D eigenvalue weighted by Gasteiger charge is 2.19. The zero-order valence-corrected chi connectivity index (χ0v) is 16.0. The minimum absolute atomic E-state index is 0.0917. The van der Waals surface area contributed by atoms with Gasteiger partial charge in [-0.15, -0.1) is 0 Å². The summed E-state index contributed by atoms with van der Waals surface area (Å²) in [6.07, 6.45) is 2.73. The molecule has 0 spiro atoms. The average molecular weight is 383 g/mol. The highest BCUT2D eigenvalue weighted by molar-refractivity contribution is 5.84. The lowest BCUT2D eigenvalue weighted by atomic mass is 9.91. The Labute approximate surface area is 164 Å². The van der Waals surface area contributed by atoms with E-state index in [0.29, 0.717) is 26.3 Å². The number of carbonyl (C=O) groups excluding carboxylic acids is 1. The lowest BCUT2D eigenvalue weighted by Gasteiger charge is -2.18. The number of fused-ring (bicyclic) bond motifs is 1. The van der Waals surface area contributed by atoms with Gasteiger partial charge in [-0.25, -0.2) is 9.18 Å². The summed E-state index contributed by atoms with van der Waals surface area (Å²) in [5.41, 5.74) is 3.05. The first-order valence-electron chi connectivity index (χ1n) is 9.60. The van der Waals surface area contributed by atoms with Gasteiger partial charge in [-0.3, -0.25) is 0 Å². The van der Waals surface area contributed by atoms with Crippen LogP contribution in [-0.4, -0.2) is 37.3 Å². The van der Waals surface area contributed by atoms with Gasteiger partial charge in [0, 0.05) is 49.3 Å². The molecule has 6 heteroatoms. The van der Waals surface area contributed by atoms with Gasteiger partial charge in [0.15, 0.2) is 0 Å². The number of aromatic nitrogens is 1. The molecule has 148 valence electrons. The third-order valence-corrected chi connectivity index (χ3v) is 4.69. The van der Waals surface area contributed by atoms with Crippen LogP contribution in [0, 0.1) is 5.82 Å². The lowest BCUT2D eigenvalue weighted by Crippen LogP contribution is -2.38. The fraction of sp³-hybridized carbons (Fsp3) is 0.318.